The molecule has 9 N–H and O–H groups in total. The lowest BCUT2D eigenvalue weighted by molar-refractivity contribution is -0.145. The summed E-state index contributed by atoms with van der Waals surface area (Å²) >= 11 is 0. The van der Waals surface area contributed by atoms with E-state index in [-0.39, 0.29) is 24.5 Å². The van der Waals surface area contributed by atoms with Crippen LogP contribution in [0.15, 0.2) is 36.8 Å². The highest BCUT2D eigenvalue weighted by Gasteiger charge is 2.32. The monoisotopic (exact) mass is 532 g/mol. The number of hydrogen-bond acceptors (Lipinski definition) is 8. The minimum absolute atomic E-state index is 0.0227. The number of aromatic hydroxyl groups is 1. The number of aliphatic hydroxyl groups is 1. The number of aromatic amines is 1. The number of hydrogen-bond donors (Lipinski definition) is 8. The minimum atomic E-state index is -1.61. The molecule has 0 aliphatic heterocycles. The third-order valence-corrected chi connectivity index (χ3v) is 6.23. The minimum Gasteiger partial charge on any atom is -0.508 e. The second kappa shape index (κ2) is 14.1. The Morgan fingerprint density at radius 2 is 1.55 bits per heavy atom. The second-order valence-electron chi connectivity index (χ2n) is 9.25. The molecule has 6 atom stereocenters. The third kappa shape index (κ3) is 8.85. The fourth-order valence-corrected chi connectivity index (χ4v) is 3.60. The molecule has 0 radical (unpaired) electrons. The quantitative estimate of drug-likeness (QED) is 0.152. The maximum Gasteiger partial charge on any atom is 0.328 e. The summed E-state index contributed by atoms with van der Waals surface area (Å²) in [5.41, 5.74) is 7.15. The lowest BCUT2D eigenvalue weighted by atomic mass is 9.98. The number of rotatable bonds is 14. The number of carboxylic acids is 1. The van der Waals surface area contributed by atoms with E-state index in [1.54, 1.807) is 12.1 Å². The van der Waals surface area contributed by atoms with Gasteiger partial charge in [-0.1, -0.05) is 32.4 Å². The molecule has 0 aliphatic carbocycles. The molecular weight excluding hydrogens is 496 g/mol. The Morgan fingerprint density at radius 1 is 0.974 bits per heavy atom. The average molecular weight is 533 g/mol. The number of phenols is 1. The number of imidazole rings is 1. The van der Waals surface area contributed by atoms with Crippen LogP contribution < -0.4 is 21.7 Å². The number of aromatic nitrogens is 2. The molecule has 6 unspecified atom stereocenters. The van der Waals surface area contributed by atoms with Crippen molar-refractivity contribution >= 4 is 23.7 Å². The second-order valence-corrected chi connectivity index (χ2v) is 9.25. The predicted octanol–water partition coefficient (Wildman–Crippen LogP) is -0.806. The molecule has 38 heavy (non-hydrogen) atoms. The molecule has 0 bridgehead atoms. The van der Waals surface area contributed by atoms with Gasteiger partial charge in [0, 0.05) is 24.7 Å². The van der Waals surface area contributed by atoms with Gasteiger partial charge in [0.1, 0.15) is 17.8 Å². The van der Waals surface area contributed by atoms with E-state index in [1.165, 1.54) is 31.6 Å². The van der Waals surface area contributed by atoms with Crippen LogP contribution in [0.5, 0.6) is 5.75 Å². The van der Waals surface area contributed by atoms with E-state index in [2.05, 4.69) is 25.9 Å². The van der Waals surface area contributed by atoms with Crippen LogP contribution in [-0.4, -0.2) is 79.2 Å². The van der Waals surface area contributed by atoms with Crippen LogP contribution in [0, 0.1) is 5.92 Å². The topological polar surface area (TPSA) is 220 Å². The van der Waals surface area contributed by atoms with Crippen molar-refractivity contribution in [1.82, 2.24) is 25.9 Å². The summed E-state index contributed by atoms with van der Waals surface area (Å²) in [5.74, 6) is -3.69. The summed E-state index contributed by atoms with van der Waals surface area (Å²) in [4.78, 5) is 57.5. The van der Waals surface area contributed by atoms with E-state index in [0.717, 1.165) is 0 Å². The Kier molecular flexibility index (Phi) is 11.2. The molecule has 2 rings (SSSR count). The fraction of sp³-hybridized carbons (Fsp3) is 0.480. The molecule has 1 heterocycles. The number of nitrogens with zero attached hydrogens (tertiary/aromatic N) is 1. The maximum absolute atomic E-state index is 13.4. The van der Waals surface area contributed by atoms with Gasteiger partial charge in [-0.05, 0) is 30.5 Å². The smallest absolute Gasteiger partial charge is 0.328 e. The van der Waals surface area contributed by atoms with Crippen molar-refractivity contribution in [1.29, 1.82) is 0 Å². The van der Waals surface area contributed by atoms with Crippen molar-refractivity contribution in [3.8, 4) is 5.75 Å². The summed E-state index contributed by atoms with van der Waals surface area (Å²) in [7, 11) is 0. The van der Waals surface area contributed by atoms with E-state index in [1.807, 2.05) is 13.8 Å². The van der Waals surface area contributed by atoms with E-state index < -0.39 is 54.0 Å². The van der Waals surface area contributed by atoms with Gasteiger partial charge in [-0.3, -0.25) is 14.4 Å². The largest absolute Gasteiger partial charge is 0.508 e. The number of amides is 3. The van der Waals surface area contributed by atoms with E-state index in [9.17, 15) is 34.5 Å². The summed E-state index contributed by atoms with van der Waals surface area (Å²) in [6, 6.07) is 1.15. The van der Waals surface area contributed by atoms with Gasteiger partial charge < -0.3 is 42.0 Å². The van der Waals surface area contributed by atoms with Crippen LogP contribution in [0.3, 0.4) is 0 Å². The molecule has 13 nitrogen and oxygen atoms in total. The molecule has 2 aromatic rings. The van der Waals surface area contributed by atoms with Crippen LogP contribution >= 0.6 is 0 Å². The molecule has 0 spiro atoms. The number of carbonyl (C=O) groups excluding carboxylic acids is 3. The Bertz CT molecular complexity index is 1070. The first-order chi connectivity index (χ1) is 17.9. The molecule has 13 heteroatoms. The third-order valence-electron chi connectivity index (χ3n) is 6.23. The van der Waals surface area contributed by atoms with Crippen molar-refractivity contribution in [2.24, 2.45) is 11.7 Å². The Labute approximate surface area is 220 Å². The highest BCUT2D eigenvalue weighted by Crippen LogP contribution is 2.13. The predicted molar refractivity (Wildman–Crippen MR) is 137 cm³/mol. The van der Waals surface area contributed by atoms with Gasteiger partial charge in [-0.25, -0.2) is 9.78 Å². The molecule has 208 valence electrons. The van der Waals surface area contributed by atoms with Crippen molar-refractivity contribution in [3.05, 3.63) is 48.0 Å². The molecule has 0 saturated heterocycles. The molecule has 0 aliphatic rings. The van der Waals surface area contributed by atoms with Gasteiger partial charge in [0.15, 0.2) is 6.04 Å². The number of benzene rings is 1. The Morgan fingerprint density at radius 3 is 2.08 bits per heavy atom. The number of carbonyl (C=O) groups is 4. The van der Waals surface area contributed by atoms with Gasteiger partial charge in [0.05, 0.1) is 18.5 Å². The van der Waals surface area contributed by atoms with Crippen molar-refractivity contribution < 1.29 is 34.5 Å². The SMILES string of the molecule is CCC(C)C(N)C(=O)NC(Cc1ccc(O)cc1)C(=O)NC(Cc1cnc[nH]1)C(=O)NC(C(=O)O)C(C)O. The summed E-state index contributed by atoms with van der Waals surface area (Å²) in [6.07, 6.45) is 2.01. The first-order valence-electron chi connectivity index (χ1n) is 12.3. The molecular formula is C25H36N6O7. The van der Waals surface area contributed by atoms with Gasteiger partial charge in [0.2, 0.25) is 17.7 Å². The van der Waals surface area contributed by atoms with Gasteiger partial charge >= 0.3 is 5.97 Å². The van der Waals surface area contributed by atoms with Gasteiger partial charge in [-0.15, -0.1) is 0 Å². The lowest BCUT2D eigenvalue weighted by Crippen LogP contribution is -2.59. The summed E-state index contributed by atoms with van der Waals surface area (Å²) in [5, 5.41) is 36.2. The number of aliphatic carboxylic acids is 1. The molecule has 0 saturated carbocycles. The zero-order chi connectivity index (χ0) is 28.4. The Balaban J connectivity index is 2.30. The van der Waals surface area contributed by atoms with Gasteiger partial charge in [-0.2, -0.15) is 0 Å². The zero-order valence-electron chi connectivity index (χ0n) is 21.5. The Hall–Kier alpha value is -3.97. The van der Waals surface area contributed by atoms with Crippen molar-refractivity contribution in [3.63, 3.8) is 0 Å². The maximum atomic E-state index is 13.4. The van der Waals surface area contributed by atoms with Crippen LogP contribution in [0.4, 0.5) is 0 Å². The first-order valence-corrected chi connectivity index (χ1v) is 12.3. The van der Waals surface area contributed by atoms with E-state index >= 15 is 0 Å². The number of aliphatic hydroxyl groups excluding tert-OH is 1. The van der Waals surface area contributed by atoms with Crippen molar-refractivity contribution in [2.45, 2.75) is 70.3 Å². The average Bonchev–Trinajstić information content (AvgIpc) is 3.39. The highest BCUT2D eigenvalue weighted by molar-refractivity contribution is 5.94. The molecule has 0 fully saturated rings. The number of H-pyrrole nitrogens is 1. The highest BCUT2D eigenvalue weighted by atomic mass is 16.4. The number of phenolic OH excluding ortho intramolecular Hbond substituents is 1. The van der Waals surface area contributed by atoms with Crippen LogP contribution in [0.25, 0.3) is 0 Å². The molecule has 1 aromatic heterocycles. The van der Waals surface area contributed by atoms with Crippen LogP contribution in [-0.2, 0) is 32.0 Å². The lowest BCUT2D eigenvalue weighted by Gasteiger charge is -2.26. The summed E-state index contributed by atoms with van der Waals surface area (Å²) < 4.78 is 0. The molecule has 3 amide bonds. The van der Waals surface area contributed by atoms with E-state index in [4.69, 9.17) is 5.73 Å². The normalized spacial score (nSPS) is 15.8. The van der Waals surface area contributed by atoms with Crippen LogP contribution in [0.1, 0.15) is 38.4 Å². The number of nitrogens with two attached hydrogens (primary N) is 1. The van der Waals surface area contributed by atoms with E-state index in [0.29, 0.717) is 17.7 Å². The van der Waals surface area contributed by atoms with Crippen LogP contribution in [0.2, 0.25) is 0 Å². The fourth-order valence-electron chi connectivity index (χ4n) is 3.60. The zero-order valence-corrected chi connectivity index (χ0v) is 21.5. The summed E-state index contributed by atoms with van der Waals surface area (Å²) in [6.45, 7) is 4.91. The first kappa shape index (κ1) is 30.3. The standard InChI is InChI=1S/C25H36N6O7/c1-4-13(2)20(26)24(36)30-18(9-15-5-7-17(33)8-6-15)22(34)29-19(10-16-11-27-12-28-16)23(35)31-21(14(3)32)25(37)38/h5-8,11-14,18-21,32-33H,4,9-10,26H2,1-3H3,(H,27,28)(H,29,34)(H,30,36)(H,31,35)(H,37,38). The number of carboxylic acid groups (broad SMARTS) is 1. The van der Waals surface area contributed by atoms with Gasteiger partial charge in [0.25, 0.3) is 0 Å². The van der Waals surface area contributed by atoms with Crippen molar-refractivity contribution in [2.75, 3.05) is 0 Å². The number of nitrogens with one attached hydrogen (secondary N) is 4. The molecule has 1 aromatic carbocycles.